The van der Waals surface area contributed by atoms with E-state index in [0.29, 0.717) is 36.3 Å². The number of fused-ring (bicyclic) bond motifs is 3. The van der Waals surface area contributed by atoms with Gasteiger partial charge >= 0.3 is 0 Å². The Labute approximate surface area is 599 Å². The highest BCUT2D eigenvalue weighted by atomic mass is 79.9. The number of phenolic OH excluding ortho intramolecular Hbond substituents is 1. The van der Waals surface area contributed by atoms with Crippen LogP contribution in [0.5, 0.6) is 11.5 Å². The Hall–Kier alpha value is -10.2. The van der Waals surface area contributed by atoms with Gasteiger partial charge in [-0.2, -0.15) is 0 Å². The standard InChI is InChI=1S/C20H17NO.C20H21NO.C20H21N.C17H21N.C13H11BrFNO/c22-14-4-3-5-16-8-10-17(11-9-16)15-20-19-7-2-1-6-18(19)12-13-21-20;1-2-3-6-15-9-10-17(20(22)13-15)14-19-18-8-5-4-7-16(18)11-12-21-19;1-2-3-6-16-9-11-17(12-10-16)15-20-19-8-5-4-7-18(19)13-14-21-20;1-3-4-7-15-8-10-16(11-9-15)13-17-14(2)6-5-12-18-17;1-17-13-3-2-6-16-12(13)7-9-4-5-10(14)8-11(9)15/h1-2,6-13,22H,4,14-15H2;4-5,7-13,22H,2-3,6,14H2,1H3;4-5,7-14H,2-3,6,15H2,1H3;5-6,8-12H,3-4,7,13H2,1-2H3;2-6,8H,7H2,1H3. The average molecular weight is 1390 g/mol. The van der Waals surface area contributed by atoms with E-state index in [2.05, 4.69) is 208 Å². The largest absolute Gasteiger partial charge is 0.508 e. The second-order valence-corrected chi connectivity index (χ2v) is 25.8. The number of rotatable bonds is 21. The molecule has 0 unspecified atom stereocenters. The molecule has 508 valence electrons. The van der Waals surface area contributed by atoms with Crippen molar-refractivity contribution in [2.75, 3.05) is 13.7 Å². The molecule has 0 bridgehead atoms. The first-order chi connectivity index (χ1) is 49.0. The third-order valence-electron chi connectivity index (χ3n) is 17.4. The monoisotopic (exact) mass is 1390 g/mol. The van der Waals surface area contributed by atoms with Gasteiger partial charge in [-0.1, -0.05) is 226 Å². The molecule has 0 atom stereocenters. The predicted molar refractivity (Wildman–Crippen MR) is 415 cm³/mol. The van der Waals surface area contributed by atoms with Gasteiger partial charge in [-0.05, 0) is 178 Å². The normalized spacial score (nSPS) is 10.6. The topological polar surface area (TPSA) is 114 Å². The van der Waals surface area contributed by atoms with E-state index in [1.807, 2.05) is 104 Å². The summed E-state index contributed by atoms with van der Waals surface area (Å²) in [7, 11) is 1.58. The number of aromatic nitrogens is 5. The molecule has 2 N–H and O–H groups in total. The Bertz CT molecular complexity index is 4710. The Morgan fingerprint density at radius 3 is 1.32 bits per heavy atom. The second kappa shape index (κ2) is 40.0. The third kappa shape index (κ3) is 23.0. The summed E-state index contributed by atoms with van der Waals surface area (Å²) in [5.41, 5.74) is 16.9. The summed E-state index contributed by atoms with van der Waals surface area (Å²) < 4.78 is 19.6. The van der Waals surface area contributed by atoms with Crippen molar-refractivity contribution in [1.29, 1.82) is 0 Å². The van der Waals surface area contributed by atoms with E-state index in [9.17, 15) is 9.50 Å². The molecule has 8 nitrogen and oxygen atoms in total. The van der Waals surface area contributed by atoms with Crippen molar-refractivity contribution in [3.8, 4) is 23.3 Å². The SMILES string of the molecule is CCCCc1ccc(Cc2nccc3ccccc23)c(O)c1.CCCCc1ccc(Cc2nccc3ccccc23)cc1.CCCCc1ccc(Cc2ncccc2C)cc1.COc1cccnc1Cc1ccc(Br)cc1F.OCCC#Cc1ccc(Cc2nccc3ccccc23)cc1. The molecule has 0 saturated heterocycles. The number of benzene rings is 8. The van der Waals surface area contributed by atoms with Gasteiger partial charge in [-0.15, -0.1) is 0 Å². The van der Waals surface area contributed by atoms with Gasteiger partial charge in [-0.25, -0.2) is 4.39 Å². The molecular weight excluding hydrogens is 1300 g/mol. The maximum atomic E-state index is 13.7. The van der Waals surface area contributed by atoms with Gasteiger partial charge in [0.15, 0.2) is 0 Å². The Morgan fingerprint density at radius 1 is 0.420 bits per heavy atom. The fourth-order valence-corrected chi connectivity index (χ4v) is 12.0. The molecule has 13 aromatic rings. The van der Waals surface area contributed by atoms with Crippen LogP contribution in [0.3, 0.4) is 0 Å². The van der Waals surface area contributed by atoms with E-state index in [4.69, 9.17) is 9.84 Å². The molecule has 0 aliphatic rings. The molecule has 0 aliphatic carbocycles. The lowest BCUT2D eigenvalue weighted by molar-refractivity contribution is 0.305. The number of methoxy groups -OCH3 is 1. The third-order valence-corrected chi connectivity index (χ3v) is 17.9. The number of hydrogen-bond donors (Lipinski definition) is 2. The molecule has 0 spiro atoms. The van der Waals surface area contributed by atoms with Crippen molar-refractivity contribution < 1.29 is 19.3 Å². The van der Waals surface area contributed by atoms with Crippen molar-refractivity contribution in [3.63, 3.8) is 0 Å². The van der Waals surface area contributed by atoms with Gasteiger partial charge in [0, 0.05) is 101 Å². The van der Waals surface area contributed by atoms with Crippen LogP contribution < -0.4 is 4.74 Å². The van der Waals surface area contributed by atoms with Gasteiger partial charge in [0.05, 0.1) is 36.5 Å². The van der Waals surface area contributed by atoms with Gasteiger partial charge in [0.2, 0.25) is 0 Å². The van der Waals surface area contributed by atoms with Gasteiger partial charge in [-0.3, -0.25) is 24.9 Å². The fourth-order valence-electron chi connectivity index (χ4n) is 11.7. The van der Waals surface area contributed by atoms with E-state index in [1.54, 1.807) is 25.4 Å². The molecule has 100 heavy (non-hydrogen) atoms. The highest BCUT2D eigenvalue weighted by Crippen LogP contribution is 2.28. The molecule has 13 rings (SSSR count). The summed E-state index contributed by atoms with van der Waals surface area (Å²) in [5, 5.41) is 26.3. The summed E-state index contributed by atoms with van der Waals surface area (Å²) in [4.78, 5) is 22.3. The molecule has 0 fully saturated rings. The van der Waals surface area contributed by atoms with E-state index in [-0.39, 0.29) is 12.4 Å². The smallest absolute Gasteiger partial charge is 0.140 e. The van der Waals surface area contributed by atoms with Crippen LogP contribution in [0.15, 0.2) is 260 Å². The van der Waals surface area contributed by atoms with Crippen molar-refractivity contribution in [2.24, 2.45) is 0 Å². The highest BCUT2D eigenvalue weighted by molar-refractivity contribution is 9.10. The van der Waals surface area contributed by atoms with Crippen molar-refractivity contribution in [2.45, 2.75) is 124 Å². The molecule has 5 aromatic heterocycles. The number of phenols is 1. The molecule has 5 heterocycles. The molecule has 0 aliphatic heterocycles. The second-order valence-electron chi connectivity index (χ2n) is 24.9. The number of halogens is 2. The van der Waals surface area contributed by atoms with Gasteiger partial charge in [0.25, 0.3) is 0 Å². The maximum Gasteiger partial charge on any atom is 0.140 e. The molecular formula is C90H91BrFN5O3. The minimum Gasteiger partial charge on any atom is -0.508 e. The van der Waals surface area contributed by atoms with Crippen molar-refractivity contribution in [3.05, 3.63) is 350 Å². The lowest BCUT2D eigenvalue weighted by Gasteiger charge is -2.09. The van der Waals surface area contributed by atoms with Crippen LogP contribution in [-0.4, -0.2) is 48.8 Å². The maximum absolute atomic E-state index is 13.7. The van der Waals surface area contributed by atoms with Crippen LogP contribution in [0.25, 0.3) is 32.3 Å². The van der Waals surface area contributed by atoms with Crippen molar-refractivity contribution in [1.82, 2.24) is 24.9 Å². The van der Waals surface area contributed by atoms with E-state index in [1.165, 1.54) is 123 Å². The lowest BCUT2D eigenvalue weighted by atomic mass is 10.00. The number of ether oxygens (including phenoxy) is 1. The molecule has 0 amide bonds. The summed E-state index contributed by atoms with van der Waals surface area (Å²) in [6.45, 7) is 8.88. The summed E-state index contributed by atoms with van der Waals surface area (Å²) in [6, 6.07) is 76.2. The number of aryl methyl sites for hydroxylation is 4. The first-order valence-electron chi connectivity index (χ1n) is 35.0. The first kappa shape index (κ1) is 74.1. The minimum absolute atomic E-state index is 0.109. The molecule has 10 heteroatoms. The number of nitrogens with zero attached hydrogens (tertiary/aromatic N) is 5. The Morgan fingerprint density at radius 2 is 0.840 bits per heavy atom. The van der Waals surface area contributed by atoms with Crippen molar-refractivity contribution >= 4 is 48.2 Å². The Balaban J connectivity index is 0.000000146. The quantitative estimate of drug-likeness (QED) is 0.0684. The molecule has 0 saturated carbocycles. The van der Waals surface area contributed by atoms with Crippen LogP contribution in [0, 0.1) is 24.6 Å². The number of unbranched alkanes of at least 4 members (excludes halogenated alkanes) is 3. The zero-order valence-corrected chi connectivity index (χ0v) is 59.9. The minimum atomic E-state index is -0.243. The summed E-state index contributed by atoms with van der Waals surface area (Å²) in [5.74, 6) is 6.78. The lowest BCUT2D eigenvalue weighted by Crippen LogP contribution is -1.98. The predicted octanol–water partition coefficient (Wildman–Crippen LogP) is 21.5. The number of aromatic hydroxyl groups is 1. The summed E-state index contributed by atoms with van der Waals surface area (Å²) in [6.07, 6.45) is 24.2. The van der Waals surface area contributed by atoms with Crippen LogP contribution in [-0.2, 0) is 51.4 Å². The number of aliphatic hydroxyl groups excluding tert-OH is 1. The molecule has 8 aromatic carbocycles. The van der Waals surface area contributed by atoms with Gasteiger partial charge in [0.1, 0.15) is 17.3 Å². The first-order valence-corrected chi connectivity index (χ1v) is 35.8. The van der Waals surface area contributed by atoms with E-state index in [0.717, 1.165) is 75.9 Å². The summed E-state index contributed by atoms with van der Waals surface area (Å²) >= 11 is 3.23. The van der Waals surface area contributed by atoms with E-state index >= 15 is 0 Å². The molecule has 0 radical (unpaired) electrons. The average Bonchev–Trinajstić information content (AvgIpc) is 0.836. The van der Waals surface area contributed by atoms with Crippen LogP contribution in [0.4, 0.5) is 4.39 Å². The highest BCUT2D eigenvalue weighted by Gasteiger charge is 2.12. The zero-order valence-electron chi connectivity index (χ0n) is 58.4. The number of aliphatic hydroxyl groups is 1. The Kier molecular flexibility index (Phi) is 29.6. The van der Waals surface area contributed by atoms with Crippen LogP contribution >= 0.6 is 15.9 Å². The van der Waals surface area contributed by atoms with Gasteiger partial charge < -0.3 is 14.9 Å². The van der Waals surface area contributed by atoms with Crippen LogP contribution in [0.2, 0.25) is 0 Å². The number of hydrogen-bond acceptors (Lipinski definition) is 8. The van der Waals surface area contributed by atoms with E-state index < -0.39 is 0 Å². The number of pyridine rings is 5. The van der Waals surface area contributed by atoms with Crippen LogP contribution in [0.1, 0.15) is 150 Å². The fraction of sp³-hybridized carbons (Fsp3) is 0.233. The zero-order chi connectivity index (χ0) is 70.1.